The molecule has 0 aromatic carbocycles. The van der Waals surface area contributed by atoms with Gasteiger partial charge in [0.15, 0.2) is 0 Å². The van der Waals surface area contributed by atoms with Gasteiger partial charge < -0.3 is 10.2 Å². The predicted octanol–water partition coefficient (Wildman–Crippen LogP) is 3.21. The molecule has 0 radical (unpaired) electrons. The topological polar surface area (TPSA) is 28.2 Å². The molecule has 0 bridgehead atoms. The molecule has 106 valence electrons. The van der Waals surface area contributed by atoms with Gasteiger partial charge in [0.05, 0.1) is 5.69 Å². The van der Waals surface area contributed by atoms with Crippen molar-refractivity contribution < 1.29 is 0 Å². The molecular formula is C16H27N3. The molecule has 1 N–H and O–H groups in total. The van der Waals surface area contributed by atoms with Crippen LogP contribution in [0.2, 0.25) is 0 Å². The van der Waals surface area contributed by atoms with Crippen LogP contribution in [-0.2, 0) is 6.54 Å². The van der Waals surface area contributed by atoms with Crippen molar-refractivity contribution in [3.05, 3.63) is 23.9 Å². The molecule has 19 heavy (non-hydrogen) atoms. The molecule has 0 spiro atoms. The molecule has 1 aromatic rings. The molecule has 1 aromatic heterocycles. The molecule has 0 unspecified atom stereocenters. The van der Waals surface area contributed by atoms with Gasteiger partial charge in [-0.3, -0.25) is 0 Å². The van der Waals surface area contributed by atoms with Crippen LogP contribution in [0.1, 0.15) is 45.7 Å². The highest BCUT2D eigenvalue weighted by Gasteiger charge is 2.25. The van der Waals surface area contributed by atoms with Crippen LogP contribution >= 0.6 is 0 Å². The molecule has 3 nitrogen and oxygen atoms in total. The number of hydrogen-bond acceptors (Lipinski definition) is 3. The van der Waals surface area contributed by atoms with Crippen LogP contribution in [0, 0.1) is 5.41 Å². The fraction of sp³-hybridized carbons (Fsp3) is 0.688. The number of nitrogens with one attached hydrogen (secondary N) is 1. The van der Waals surface area contributed by atoms with Crippen molar-refractivity contribution in [1.29, 1.82) is 0 Å². The number of anilines is 1. The number of hydrogen-bond donors (Lipinski definition) is 1. The first-order valence-electron chi connectivity index (χ1n) is 7.52. The van der Waals surface area contributed by atoms with E-state index >= 15 is 0 Å². The number of aromatic nitrogens is 1. The van der Waals surface area contributed by atoms with Gasteiger partial charge in [0.1, 0.15) is 5.82 Å². The molecule has 1 aliphatic rings. The van der Waals surface area contributed by atoms with Gasteiger partial charge in [-0.1, -0.05) is 26.8 Å². The van der Waals surface area contributed by atoms with Gasteiger partial charge in [0, 0.05) is 19.6 Å². The molecule has 1 saturated heterocycles. The van der Waals surface area contributed by atoms with Crippen LogP contribution in [0.15, 0.2) is 18.2 Å². The van der Waals surface area contributed by atoms with E-state index in [0.29, 0.717) is 5.41 Å². The summed E-state index contributed by atoms with van der Waals surface area (Å²) in [4.78, 5) is 7.20. The lowest BCUT2D eigenvalue weighted by molar-refractivity contribution is 0.279. The van der Waals surface area contributed by atoms with Crippen molar-refractivity contribution >= 4 is 5.82 Å². The zero-order chi connectivity index (χ0) is 13.7. The summed E-state index contributed by atoms with van der Waals surface area (Å²) >= 11 is 0. The Morgan fingerprint density at radius 3 is 2.68 bits per heavy atom. The Labute approximate surface area is 117 Å². The Morgan fingerprint density at radius 2 is 2.00 bits per heavy atom. The van der Waals surface area contributed by atoms with Gasteiger partial charge in [0.25, 0.3) is 0 Å². The van der Waals surface area contributed by atoms with E-state index in [0.717, 1.165) is 37.7 Å². The van der Waals surface area contributed by atoms with Crippen LogP contribution in [0.3, 0.4) is 0 Å². The first-order chi connectivity index (χ1) is 9.11. The normalized spacial score (nSPS) is 18.6. The highest BCUT2D eigenvalue weighted by atomic mass is 15.2. The van der Waals surface area contributed by atoms with E-state index in [2.05, 4.69) is 49.2 Å². The summed E-state index contributed by atoms with van der Waals surface area (Å²) in [5, 5.41) is 3.41. The Hall–Kier alpha value is -1.09. The SMILES string of the molecule is CCCNCc1cccc(N2CCC(C)(C)CC2)n1. The van der Waals surface area contributed by atoms with E-state index in [1.54, 1.807) is 0 Å². The van der Waals surface area contributed by atoms with Gasteiger partial charge in [-0.15, -0.1) is 0 Å². The molecule has 2 rings (SSSR count). The minimum absolute atomic E-state index is 0.497. The van der Waals surface area contributed by atoms with E-state index in [4.69, 9.17) is 4.98 Å². The number of rotatable bonds is 5. The highest BCUT2D eigenvalue weighted by molar-refractivity contribution is 5.39. The van der Waals surface area contributed by atoms with Crippen molar-refractivity contribution in [2.45, 2.75) is 46.6 Å². The molecule has 1 fully saturated rings. The minimum atomic E-state index is 0.497. The fourth-order valence-electron chi connectivity index (χ4n) is 2.48. The summed E-state index contributed by atoms with van der Waals surface area (Å²) < 4.78 is 0. The second-order valence-electron chi connectivity index (χ2n) is 6.32. The predicted molar refractivity (Wildman–Crippen MR) is 81.5 cm³/mol. The average Bonchev–Trinajstić information content (AvgIpc) is 2.39. The maximum absolute atomic E-state index is 4.78. The summed E-state index contributed by atoms with van der Waals surface area (Å²) in [6.07, 6.45) is 3.68. The van der Waals surface area contributed by atoms with Crippen LogP contribution in [0.25, 0.3) is 0 Å². The lowest BCUT2D eigenvalue weighted by atomic mass is 9.83. The van der Waals surface area contributed by atoms with Crippen molar-refractivity contribution in [3.8, 4) is 0 Å². The third-order valence-electron chi connectivity index (χ3n) is 3.97. The van der Waals surface area contributed by atoms with Crippen LogP contribution in [0.5, 0.6) is 0 Å². The lowest BCUT2D eigenvalue weighted by Crippen LogP contribution is -2.37. The lowest BCUT2D eigenvalue weighted by Gasteiger charge is -2.37. The van der Waals surface area contributed by atoms with E-state index < -0.39 is 0 Å². The van der Waals surface area contributed by atoms with Crippen molar-refractivity contribution in [2.75, 3.05) is 24.5 Å². The summed E-state index contributed by atoms with van der Waals surface area (Å²) in [5.41, 5.74) is 1.65. The standard InChI is InChI=1S/C16H27N3/c1-4-10-17-13-14-6-5-7-15(18-14)19-11-8-16(2,3)9-12-19/h5-7,17H,4,8-13H2,1-3H3. The monoisotopic (exact) mass is 261 g/mol. The molecule has 2 heterocycles. The van der Waals surface area contributed by atoms with Crippen molar-refractivity contribution in [2.24, 2.45) is 5.41 Å². The van der Waals surface area contributed by atoms with E-state index in [9.17, 15) is 0 Å². The second kappa shape index (κ2) is 6.38. The Balaban J connectivity index is 1.95. The third kappa shape index (κ3) is 4.20. The molecule has 0 aliphatic carbocycles. The minimum Gasteiger partial charge on any atom is -0.357 e. The van der Waals surface area contributed by atoms with Crippen molar-refractivity contribution in [1.82, 2.24) is 10.3 Å². The largest absolute Gasteiger partial charge is 0.357 e. The Bertz CT molecular complexity index is 391. The first kappa shape index (κ1) is 14.3. The first-order valence-corrected chi connectivity index (χ1v) is 7.52. The molecule has 0 amide bonds. The van der Waals surface area contributed by atoms with E-state index in [1.807, 2.05) is 0 Å². The van der Waals surface area contributed by atoms with Gasteiger partial charge >= 0.3 is 0 Å². The van der Waals surface area contributed by atoms with Crippen LogP contribution in [-0.4, -0.2) is 24.6 Å². The zero-order valence-electron chi connectivity index (χ0n) is 12.6. The zero-order valence-corrected chi connectivity index (χ0v) is 12.6. The van der Waals surface area contributed by atoms with Gasteiger partial charge in [-0.05, 0) is 43.4 Å². The summed E-state index contributed by atoms with van der Waals surface area (Å²) in [6.45, 7) is 11.1. The maximum Gasteiger partial charge on any atom is 0.128 e. The highest BCUT2D eigenvalue weighted by Crippen LogP contribution is 2.31. The van der Waals surface area contributed by atoms with Gasteiger partial charge in [0.2, 0.25) is 0 Å². The molecule has 3 heteroatoms. The fourth-order valence-corrected chi connectivity index (χ4v) is 2.48. The van der Waals surface area contributed by atoms with Crippen LogP contribution in [0.4, 0.5) is 5.82 Å². The van der Waals surface area contributed by atoms with Crippen LogP contribution < -0.4 is 10.2 Å². The number of nitrogens with zero attached hydrogens (tertiary/aromatic N) is 2. The van der Waals surface area contributed by atoms with E-state index in [-0.39, 0.29) is 0 Å². The number of pyridine rings is 1. The third-order valence-corrected chi connectivity index (χ3v) is 3.97. The van der Waals surface area contributed by atoms with Crippen molar-refractivity contribution in [3.63, 3.8) is 0 Å². The van der Waals surface area contributed by atoms with E-state index in [1.165, 1.54) is 19.3 Å². The quantitative estimate of drug-likeness (QED) is 0.825. The molecule has 1 aliphatic heterocycles. The second-order valence-corrected chi connectivity index (χ2v) is 6.32. The Kier molecular flexibility index (Phi) is 4.81. The smallest absolute Gasteiger partial charge is 0.128 e. The summed E-state index contributed by atoms with van der Waals surface area (Å²) in [6, 6.07) is 6.38. The number of piperidine rings is 1. The summed E-state index contributed by atoms with van der Waals surface area (Å²) in [5.74, 6) is 1.14. The maximum atomic E-state index is 4.78. The Morgan fingerprint density at radius 1 is 1.26 bits per heavy atom. The summed E-state index contributed by atoms with van der Waals surface area (Å²) in [7, 11) is 0. The van der Waals surface area contributed by atoms with Gasteiger partial charge in [-0.2, -0.15) is 0 Å². The molecule has 0 atom stereocenters. The molecular weight excluding hydrogens is 234 g/mol. The average molecular weight is 261 g/mol. The molecule has 0 saturated carbocycles. The van der Waals surface area contributed by atoms with Gasteiger partial charge in [-0.25, -0.2) is 4.98 Å².